The number of benzene rings is 1. The average Bonchev–Trinajstić information content (AvgIpc) is 2.96. The fourth-order valence-corrected chi connectivity index (χ4v) is 2.91. The van der Waals surface area contributed by atoms with Crippen LogP contribution in [0, 0.1) is 0 Å². The van der Waals surface area contributed by atoms with Crippen molar-refractivity contribution in [1.29, 1.82) is 0 Å². The number of H-pyrrole nitrogens is 1. The first-order valence-electron chi connectivity index (χ1n) is 6.97. The lowest BCUT2D eigenvalue weighted by Crippen LogP contribution is -2.14. The Bertz CT molecular complexity index is 638. The monoisotopic (exact) mass is 309 g/mol. The fraction of sp³-hybridized carbons (Fsp3) is 0.462. The van der Waals surface area contributed by atoms with E-state index < -0.39 is 10.0 Å². The van der Waals surface area contributed by atoms with Gasteiger partial charge in [0.1, 0.15) is 0 Å². The molecule has 114 valence electrons. The van der Waals surface area contributed by atoms with Crippen molar-refractivity contribution in [2.75, 3.05) is 4.72 Å². The minimum Gasteiger partial charge on any atom is -0.245 e. The molecule has 0 radical (unpaired) electrons. The van der Waals surface area contributed by atoms with Gasteiger partial charge in [-0.2, -0.15) is 5.21 Å². The molecule has 21 heavy (non-hydrogen) atoms. The molecule has 0 fully saturated rings. The van der Waals surface area contributed by atoms with Crippen LogP contribution in [0.25, 0.3) is 0 Å². The first-order chi connectivity index (χ1) is 10.1. The first-order valence-corrected chi connectivity index (χ1v) is 8.45. The summed E-state index contributed by atoms with van der Waals surface area (Å²) in [5, 5.41) is 12.6. The standard InChI is InChI=1S/C13H19N5O2S/c1-2-3-4-5-6-11-7-9-12(10-8-11)21(19,20)16-13-14-17-18-15-13/h7-10H,2-6H2,1H3,(H2,14,15,16,17,18). The Hall–Kier alpha value is -1.96. The zero-order chi connectivity index (χ0) is 15.1. The zero-order valence-electron chi connectivity index (χ0n) is 11.9. The summed E-state index contributed by atoms with van der Waals surface area (Å²) in [6.45, 7) is 2.18. The Morgan fingerprint density at radius 2 is 1.90 bits per heavy atom. The minimum absolute atomic E-state index is 0.0707. The van der Waals surface area contributed by atoms with Crippen molar-refractivity contribution in [1.82, 2.24) is 20.6 Å². The van der Waals surface area contributed by atoms with Gasteiger partial charge in [0, 0.05) is 0 Å². The van der Waals surface area contributed by atoms with Gasteiger partial charge >= 0.3 is 0 Å². The minimum atomic E-state index is -3.66. The lowest BCUT2D eigenvalue weighted by molar-refractivity contribution is 0.600. The highest BCUT2D eigenvalue weighted by Gasteiger charge is 2.15. The molecular formula is C13H19N5O2S. The Morgan fingerprint density at radius 3 is 2.52 bits per heavy atom. The third-order valence-corrected chi connectivity index (χ3v) is 4.47. The maximum atomic E-state index is 12.1. The van der Waals surface area contributed by atoms with E-state index in [0.29, 0.717) is 0 Å². The van der Waals surface area contributed by atoms with Crippen LogP contribution in [0.4, 0.5) is 5.95 Å². The lowest BCUT2D eigenvalue weighted by atomic mass is 10.1. The van der Waals surface area contributed by atoms with Crippen molar-refractivity contribution in [2.24, 2.45) is 0 Å². The summed E-state index contributed by atoms with van der Waals surface area (Å²) >= 11 is 0. The van der Waals surface area contributed by atoms with E-state index in [2.05, 4.69) is 32.3 Å². The zero-order valence-corrected chi connectivity index (χ0v) is 12.7. The molecule has 0 aliphatic carbocycles. The summed E-state index contributed by atoms with van der Waals surface area (Å²) in [7, 11) is -3.66. The summed E-state index contributed by atoms with van der Waals surface area (Å²) in [6, 6.07) is 6.88. The third-order valence-electron chi connectivity index (χ3n) is 3.12. The number of tetrazole rings is 1. The van der Waals surface area contributed by atoms with Gasteiger partial charge in [0.25, 0.3) is 16.0 Å². The molecule has 1 aromatic heterocycles. The van der Waals surface area contributed by atoms with Crippen LogP contribution >= 0.6 is 0 Å². The molecule has 0 saturated carbocycles. The second-order valence-electron chi connectivity index (χ2n) is 4.80. The van der Waals surface area contributed by atoms with E-state index >= 15 is 0 Å². The van der Waals surface area contributed by atoms with Crippen LogP contribution in [0.5, 0.6) is 0 Å². The molecule has 7 nitrogen and oxygen atoms in total. The van der Waals surface area contributed by atoms with Gasteiger partial charge < -0.3 is 0 Å². The molecule has 0 saturated heterocycles. The summed E-state index contributed by atoms with van der Waals surface area (Å²) in [6.07, 6.45) is 5.75. The van der Waals surface area contributed by atoms with Crippen LogP contribution < -0.4 is 4.72 Å². The smallest absolute Gasteiger partial charge is 0.245 e. The molecule has 0 aliphatic rings. The van der Waals surface area contributed by atoms with Crippen molar-refractivity contribution < 1.29 is 8.42 Å². The fourth-order valence-electron chi connectivity index (χ4n) is 1.98. The molecule has 0 atom stereocenters. The second-order valence-corrected chi connectivity index (χ2v) is 6.48. The highest BCUT2D eigenvalue weighted by atomic mass is 32.2. The van der Waals surface area contributed by atoms with E-state index in [4.69, 9.17) is 0 Å². The van der Waals surface area contributed by atoms with Gasteiger partial charge in [0.2, 0.25) is 0 Å². The number of aromatic amines is 1. The largest absolute Gasteiger partial charge is 0.276 e. The van der Waals surface area contributed by atoms with Crippen molar-refractivity contribution >= 4 is 16.0 Å². The van der Waals surface area contributed by atoms with E-state index in [-0.39, 0.29) is 10.8 Å². The van der Waals surface area contributed by atoms with Gasteiger partial charge in [-0.25, -0.2) is 13.1 Å². The number of aryl methyl sites for hydroxylation is 1. The van der Waals surface area contributed by atoms with Crippen LogP contribution in [0.1, 0.15) is 38.2 Å². The summed E-state index contributed by atoms with van der Waals surface area (Å²) in [5.41, 5.74) is 1.14. The Kier molecular flexibility index (Phi) is 5.26. The predicted octanol–water partition coefficient (Wildman–Crippen LogP) is 2.12. The summed E-state index contributed by atoms with van der Waals surface area (Å²) in [4.78, 5) is 0.185. The van der Waals surface area contributed by atoms with Crippen LogP contribution in [0.2, 0.25) is 0 Å². The molecule has 1 aromatic carbocycles. The SMILES string of the molecule is CCCCCCc1ccc(S(=O)(=O)Nc2nn[nH]n2)cc1. The van der Waals surface area contributed by atoms with Gasteiger partial charge in [-0.15, -0.1) is 5.10 Å². The highest BCUT2D eigenvalue weighted by Crippen LogP contribution is 2.15. The number of aromatic nitrogens is 4. The van der Waals surface area contributed by atoms with Crippen molar-refractivity contribution in [3.05, 3.63) is 29.8 Å². The lowest BCUT2D eigenvalue weighted by Gasteiger charge is -2.06. The van der Waals surface area contributed by atoms with Gasteiger partial charge in [-0.3, -0.25) is 0 Å². The third kappa shape index (κ3) is 4.52. The number of nitrogens with one attached hydrogen (secondary N) is 2. The second kappa shape index (κ2) is 7.16. The maximum absolute atomic E-state index is 12.1. The molecule has 0 spiro atoms. The van der Waals surface area contributed by atoms with E-state index in [1.807, 2.05) is 12.1 Å². The van der Waals surface area contributed by atoms with Gasteiger partial charge in [0.05, 0.1) is 4.90 Å². The van der Waals surface area contributed by atoms with Gasteiger partial charge in [-0.05, 0) is 35.8 Å². The molecule has 0 aliphatic heterocycles. The first kappa shape index (κ1) is 15.4. The molecule has 0 unspecified atom stereocenters. The molecule has 0 bridgehead atoms. The number of sulfonamides is 1. The van der Waals surface area contributed by atoms with Gasteiger partial charge in [-0.1, -0.05) is 43.4 Å². The number of nitrogens with zero attached hydrogens (tertiary/aromatic N) is 3. The van der Waals surface area contributed by atoms with Crippen LogP contribution in [0.15, 0.2) is 29.2 Å². The quantitative estimate of drug-likeness (QED) is 0.727. The van der Waals surface area contributed by atoms with Crippen LogP contribution in [-0.4, -0.2) is 29.0 Å². The maximum Gasteiger partial charge on any atom is 0.276 e. The summed E-state index contributed by atoms with van der Waals surface area (Å²) in [5.74, 6) is -0.0707. The number of rotatable bonds is 8. The number of unbranched alkanes of at least 4 members (excludes halogenated alkanes) is 3. The number of hydrogen-bond donors (Lipinski definition) is 2. The average molecular weight is 309 g/mol. The van der Waals surface area contributed by atoms with Crippen molar-refractivity contribution in [3.63, 3.8) is 0 Å². The summed E-state index contributed by atoms with van der Waals surface area (Å²) < 4.78 is 26.4. The molecule has 2 aromatic rings. The van der Waals surface area contributed by atoms with Crippen molar-refractivity contribution in [2.45, 2.75) is 43.9 Å². The number of anilines is 1. The Labute approximate surface area is 124 Å². The Morgan fingerprint density at radius 1 is 1.14 bits per heavy atom. The normalized spacial score (nSPS) is 11.5. The van der Waals surface area contributed by atoms with E-state index in [9.17, 15) is 8.42 Å². The topological polar surface area (TPSA) is 101 Å². The van der Waals surface area contributed by atoms with Crippen molar-refractivity contribution in [3.8, 4) is 0 Å². The molecule has 0 amide bonds. The highest BCUT2D eigenvalue weighted by molar-refractivity contribution is 7.92. The molecule has 1 heterocycles. The molecule has 2 N–H and O–H groups in total. The van der Waals surface area contributed by atoms with Gasteiger partial charge in [0.15, 0.2) is 0 Å². The Balaban J connectivity index is 1.97. The van der Waals surface area contributed by atoms with E-state index in [0.717, 1.165) is 18.4 Å². The number of hydrogen-bond acceptors (Lipinski definition) is 5. The van der Waals surface area contributed by atoms with Crippen LogP contribution in [0.3, 0.4) is 0 Å². The van der Waals surface area contributed by atoms with Crippen LogP contribution in [-0.2, 0) is 16.4 Å². The molecule has 8 heteroatoms. The predicted molar refractivity (Wildman–Crippen MR) is 79.3 cm³/mol. The van der Waals surface area contributed by atoms with E-state index in [1.54, 1.807) is 12.1 Å². The van der Waals surface area contributed by atoms with E-state index in [1.165, 1.54) is 19.3 Å². The molecular weight excluding hydrogens is 290 g/mol. The molecule has 2 rings (SSSR count).